The van der Waals surface area contributed by atoms with E-state index in [1.165, 1.54) is 18.2 Å². The van der Waals surface area contributed by atoms with Crippen LogP contribution < -0.4 is 10.0 Å². The van der Waals surface area contributed by atoms with Gasteiger partial charge in [0.05, 0.1) is 22.9 Å². The monoisotopic (exact) mass is 428 g/mol. The van der Waals surface area contributed by atoms with Crippen molar-refractivity contribution in [2.45, 2.75) is 13.0 Å². The van der Waals surface area contributed by atoms with Crippen LogP contribution in [-0.2, 0) is 10.0 Å². The van der Waals surface area contributed by atoms with Gasteiger partial charge >= 0.3 is 0 Å². The minimum absolute atomic E-state index is 0.160. The summed E-state index contributed by atoms with van der Waals surface area (Å²) in [5.74, 6) is -0.349. The molecule has 0 radical (unpaired) electrons. The summed E-state index contributed by atoms with van der Waals surface area (Å²) in [6, 6.07) is 21.6. The molecule has 0 saturated carbocycles. The van der Waals surface area contributed by atoms with Crippen LogP contribution in [0.2, 0.25) is 5.02 Å². The minimum atomic E-state index is -3.43. The Hall–Kier alpha value is -2.83. The fraction of sp³-hybridized carbons (Fsp3) is 0.136. The third-order valence-corrected chi connectivity index (χ3v) is 5.34. The zero-order chi connectivity index (χ0) is 21.0. The highest BCUT2D eigenvalue weighted by molar-refractivity contribution is 7.92. The van der Waals surface area contributed by atoms with Gasteiger partial charge in [0, 0.05) is 5.69 Å². The van der Waals surface area contributed by atoms with E-state index in [0.29, 0.717) is 5.69 Å². The van der Waals surface area contributed by atoms with E-state index >= 15 is 0 Å². The second kappa shape index (κ2) is 8.68. The van der Waals surface area contributed by atoms with Gasteiger partial charge in [-0.2, -0.15) is 0 Å². The molecule has 150 valence electrons. The van der Waals surface area contributed by atoms with Crippen molar-refractivity contribution in [3.63, 3.8) is 0 Å². The number of rotatable bonds is 6. The molecule has 3 aromatic carbocycles. The molecule has 1 unspecified atom stereocenters. The van der Waals surface area contributed by atoms with Crippen molar-refractivity contribution >= 4 is 33.2 Å². The van der Waals surface area contributed by atoms with Gasteiger partial charge in [-0.05, 0) is 41.8 Å². The lowest BCUT2D eigenvalue weighted by Gasteiger charge is -2.22. The summed E-state index contributed by atoms with van der Waals surface area (Å²) in [5.41, 5.74) is 3.55. The van der Waals surface area contributed by atoms with Crippen LogP contribution in [0.1, 0.15) is 33.1 Å². The van der Waals surface area contributed by atoms with Crippen LogP contribution in [-0.4, -0.2) is 20.6 Å². The van der Waals surface area contributed by atoms with Crippen molar-refractivity contribution in [2.75, 3.05) is 11.0 Å². The third-order valence-electron chi connectivity index (χ3n) is 4.42. The molecule has 2 N–H and O–H groups in total. The summed E-state index contributed by atoms with van der Waals surface area (Å²) >= 11 is 6.26. The van der Waals surface area contributed by atoms with E-state index in [4.69, 9.17) is 11.6 Å². The quantitative estimate of drug-likeness (QED) is 0.605. The molecule has 1 amide bonds. The number of hydrogen-bond donors (Lipinski definition) is 2. The number of amides is 1. The number of benzene rings is 3. The molecule has 29 heavy (non-hydrogen) atoms. The number of sulfonamides is 1. The summed E-state index contributed by atoms with van der Waals surface area (Å²) in [5, 5.41) is 3.21. The van der Waals surface area contributed by atoms with Crippen LogP contribution in [0.5, 0.6) is 0 Å². The Kier molecular flexibility index (Phi) is 6.25. The molecule has 1 atom stereocenters. The van der Waals surface area contributed by atoms with Crippen molar-refractivity contribution in [3.05, 3.63) is 100 Å². The third kappa shape index (κ3) is 5.37. The van der Waals surface area contributed by atoms with Gasteiger partial charge in [0.15, 0.2) is 0 Å². The van der Waals surface area contributed by atoms with Gasteiger partial charge in [0.2, 0.25) is 10.0 Å². The first-order valence-corrected chi connectivity index (χ1v) is 11.2. The fourth-order valence-corrected chi connectivity index (χ4v) is 3.90. The van der Waals surface area contributed by atoms with Gasteiger partial charge in [-0.1, -0.05) is 66.2 Å². The van der Waals surface area contributed by atoms with Gasteiger partial charge in [-0.25, -0.2) is 8.42 Å². The Morgan fingerprint density at radius 2 is 1.62 bits per heavy atom. The lowest BCUT2D eigenvalue weighted by molar-refractivity contribution is 0.0943. The summed E-state index contributed by atoms with van der Waals surface area (Å²) in [6.45, 7) is 2.00. The van der Waals surface area contributed by atoms with Gasteiger partial charge in [-0.15, -0.1) is 0 Å². The van der Waals surface area contributed by atoms with E-state index in [2.05, 4.69) is 10.0 Å². The molecule has 0 saturated heterocycles. The number of carbonyl (C=O) groups is 1. The van der Waals surface area contributed by atoms with Crippen LogP contribution in [0.4, 0.5) is 5.69 Å². The number of anilines is 1. The molecular weight excluding hydrogens is 408 g/mol. The zero-order valence-electron chi connectivity index (χ0n) is 16.0. The Labute approximate surface area is 175 Å². The average molecular weight is 429 g/mol. The van der Waals surface area contributed by atoms with Crippen molar-refractivity contribution in [3.8, 4) is 0 Å². The molecule has 0 fully saturated rings. The first-order valence-electron chi connectivity index (χ1n) is 8.93. The molecule has 0 heterocycles. The molecule has 3 aromatic rings. The normalized spacial score (nSPS) is 12.2. The standard InChI is InChI=1S/C22H21ClN2O3S/c1-15-8-6-7-11-18(15)21(16-9-4-3-5-10-16)24-22(26)19-13-12-17(14-20(19)23)25-29(2,27)28/h3-14,21,25H,1-2H3,(H,24,26). The molecule has 0 bridgehead atoms. The maximum Gasteiger partial charge on any atom is 0.253 e. The molecule has 0 aliphatic heterocycles. The first-order chi connectivity index (χ1) is 13.7. The summed E-state index contributed by atoms with van der Waals surface area (Å²) in [4.78, 5) is 13.0. The average Bonchev–Trinajstić information content (AvgIpc) is 2.66. The highest BCUT2D eigenvalue weighted by Crippen LogP contribution is 2.27. The van der Waals surface area contributed by atoms with Crippen LogP contribution in [0, 0.1) is 6.92 Å². The lowest BCUT2D eigenvalue weighted by Crippen LogP contribution is -2.30. The SMILES string of the molecule is Cc1ccccc1C(NC(=O)c1ccc(NS(C)(=O)=O)cc1Cl)c1ccccc1. The Morgan fingerprint density at radius 1 is 0.966 bits per heavy atom. The molecule has 3 rings (SSSR count). The summed E-state index contributed by atoms with van der Waals surface area (Å²) < 4.78 is 25.1. The van der Waals surface area contributed by atoms with E-state index < -0.39 is 10.0 Å². The lowest BCUT2D eigenvalue weighted by atomic mass is 9.94. The molecule has 0 aliphatic carbocycles. The first kappa shape index (κ1) is 20.9. The maximum absolute atomic E-state index is 13.0. The molecular formula is C22H21ClN2O3S. The van der Waals surface area contributed by atoms with Gasteiger partial charge in [0.25, 0.3) is 5.91 Å². The van der Waals surface area contributed by atoms with Crippen molar-refractivity contribution in [1.29, 1.82) is 0 Å². The van der Waals surface area contributed by atoms with Crippen LogP contribution in [0.3, 0.4) is 0 Å². The van der Waals surface area contributed by atoms with E-state index in [1.54, 1.807) is 0 Å². The van der Waals surface area contributed by atoms with Gasteiger partial charge in [-0.3, -0.25) is 9.52 Å². The molecule has 0 spiro atoms. The van der Waals surface area contributed by atoms with Crippen molar-refractivity contribution in [2.24, 2.45) is 0 Å². The largest absolute Gasteiger partial charge is 0.341 e. The number of nitrogens with one attached hydrogen (secondary N) is 2. The number of carbonyl (C=O) groups excluding carboxylic acids is 1. The van der Waals surface area contributed by atoms with Gasteiger partial charge < -0.3 is 5.32 Å². The van der Waals surface area contributed by atoms with E-state index in [9.17, 15) is 13.2 Å². The Bertz CT molecular complexity index is 1130. The minimum Gasteiger partial charge on any atom is -0.341 e. The molecule has 0 aliphatic rings. The van der Waals surface area contributed by atoms with E-state index in [-0.39, 0.29) is 22.5 Å². The van der Waals surface area contributed by atoms with Crippen molar-refractivity contribution in [1.82, 2.24) is 5.32 Å². The predicted octanol–water partition coefficient (Wildman–Crippen LogP) is 4.54. The number of hydrogen-bond acceptors (Lipinski definition) is 3. The fourth-order valence-electron chi connectivity index (χ4n) is 3.08. The van der Waals surface area contributed by atoms with E-state index in [0.717, 1.165) is 22.9 Å². The summed E-state index contributed by atoms with van der Waals surface area (Å²) in [6.07, 6.45) is 1.05. The zero-order valence-corrected chi connectivity index (χ0v) is 17.6. The van der Waals surface area contributed by atoms with E-state index in [1.807, 2.05) is 61.5 Å². The topological polar surface area (TPSA) is 75.3 Å². The van der Waals surface area contributed by atoms with Gasteiger partial charge in [0.1, 0.15) is 0 Å². The smallest absolute Gasteiger partial charge is 0.253 e. The molecule has 0 aromatic heterocycles. The second-order valence-electron chi connectivity index (χ2n) is 6.74. The molecule has 5 nitrogen and oxygen atoms in total. The van der Waals surface area contributed by atoms with Crippen molar-refractivity contribution < 1.29 is 13.2 Å². The highest BCUT2D eigenvalue weighted by atomic mass is 35.5. The number of aryl methyl sites for hydroxylation is 1. The van der Waals surface area contributed by atoms with Crippen LogP contribution in [0.15, 0.2) is 72.8 Å². The summed E-state index contributed by atoms with van der Waals surface area (Å²) in [7, 11) is -3.43. The highest BCUT2D eigenvalue weighted by Gasteiger charge is 2.21. The Balaban J connectivity index is 1.92. The maximum atomic E-state index is 13.0. The Morgan fingerprint density at radius 3 is 2.24 bits per heavy atom. The van der Waals surface area contributed by atoms with Crippen LogP contribution >= 0.6 is 11.6 Å². The number of halogens is 1. The second-order valence-corrected chi connectivity index (χ2v) is 8.90. The molecule has 7 heteroatoms. The predicted molar refractivity (Wildman–Crippen MR) is 117 cm³/mol. The van der Waals surface area contributed by atoms with Crippen LogP contribution in [0.25, 0.3) is 0 Å².